The second-order valence-corrected chi connectivity index (χ2v) is 4.48. The molecule has 0 aromatic heterocycles. The number of carbonyl (C=O) groups is 1. The Hall–Kier alpha value is -1.62. The molecule has 4 N–H and O–H groups in total. The van der Waals surface area contributed by atoms with Gasteiger partial charge in [0.2, 0.25) is 0 Å². The van der Waals surface area contributed by atoms with E-state index in [-0.39, 0.29) is 5.69 Å². The van der Waals surface area contributed by atoms with Gasteiger partial charge in [0.15, 0.2) is 0 Å². The van der Waals surface area contributed by atoms with Crippen molar-refractivity contribution in [2.24, 2.45) is 5.73 Å². The van der Waals surface area contributed by atoms with Crippen LogP contribution in [0.3, 0.4) is 0 Å². The lowest BCUT2D eigenvalue weighted by molar-refractivity contribution is 0.240. The number of nitrogens with one attached hydrogen (secondary N) is 2. The monoisotopic (exact) mass is 239 g/mol. The molecule has 0 aliphatic heterocycles. The minimum absolute atomic E-state index is 0.161. The molecule has 0 saturated carbocycles. The summed E-state index contributed by atoms with van der Waals surface area (Å²) in [4.78, 5) is 11.6. The van der Waals surface area contributed by atoms with Crippen LogP contribution in [-0.2, 0) is 0 Å². The minimum atomic E-state index is -0.459. The molecule has 17 heavy (non-hydrogen) atoms. The Morgan fingerprint density at radius 1 is 1.41 bits per heavy atom. The lowest BCUT2D eigenvalue weighted by Gasteiger charge is -2.25. The van der Waals surface area contributed by atoms with Crippen molar-refractivity contribution in [3.8, 4) is 0 Å². The summed E-state index contributed by atoms with van der Waals surface area (Å²) >= 11 is 0. The van der Waals surface area contributed by atoms with Crippen LogP contribution in [0.4, 0.5) is 14.9 Å². The Labute approximate surface area is 100 Å². The maximum Gasteiger partial charge on any atom is 0.319 e. The first-order valence-electron chi connectivity index (χ1n) is 5.48. The third kappa shape index (κ3) is 4.40. The highest BCUT2D eigenvalue weighted by Crippen LogP contribution is 2.13. The number of nitrogens with two attached hydrogens (primary N) is 1. The van der Waals surface area contributed by atoms with Gasteiger partial charge in [-0.3, -0.25) is 0 Å². The third-order valence-corrected chi connectivity index (χ3v) is 2.34. The predicted molar refractivity (Wildman–Crippen MR) is 66.3 cm³/mol. The van der Waals surface area contributed by atoms with E-state index in [9.17, 15) is 9.18 Å². The van der Waals surface area contributed by atoms with Gasteiger partial charge in [-0.15, -0.1) is 0 Å². The van der Waals surface area contributed by atoms with E-state index in [1.807, 2.05) is 13.8 Å². The molecule has 0 heterocycles. The van der Waals surface area contributed by atoms with E-state index in [1.165, 1.54) is 12.1 Å². The number of benzene rings is 1. The number of halogens is 1. The molecular weight excluding hydrogens is 221 g/mol. The number of urea groups is 1. The number of amides is 2. The van der Waals surface area contributed by atoms with Gasteiger partial charge in [0.25, 0.3) is 0 Å². The fourth-order valence-corrected chi connectivity index (χ4v) is 1.45. The average molecular weight is 239 g/mol. The molecule has 0 aliphatic carbocycles. The predicted octanol–water partition coefficient (Wildman–Crippen LogP) is 2.07. The fourth-order valence-electron chi connectivity index (χ4n) is 1.45. The van der Waals surface area contributed by atoms with E-state index < -0.39 is 17.4 Å². The second kappa shape index (κ2) is 5.63. The third-order valence-electron chi connectivity index (χ3n) is 2.34. The topological polar surface area (TPSA) is 67.1 Å². The molecule has 94 valence electrons. The van der Waals surface area contributed by atoms with Crippen LogP contribution >= 0.6 is 0 Å². The molecule has 0 fully saturated rings. The summed E-state index contributed by atoms with van der Waals surface area (Å²) < 4.78 is 13.3. The lowest BCUT2D eigenvalue weighted by Crippen LogP contribution is -2.46. The summed E-state index contributed by atoms with van der Waals surface area (Å²) in [7, 11) is 0. The molecule has 0 saturated heterocycles. The first kappa shape index (κ1) is 13.4. The van der Waals surface area contributed by atoms with Crippen LogP contribution in [-0.4, -0.2) is 18.1 Å². The number of para-hydroxylation sites is 1. The van der Waals surface area contributed by atoms with Gasteiger partial charge in [0.1, 0.15) is 5.82 Å². The van der Waals surface area contributed by atoms with Gasteiger partial charge in [-0.2, -0.15) is 0 Å². The number of anilines is 1. The summed E-state index contributed by atoms with van der Waals surface area (Å²) in [5.74, 6) is -0.459. The van der Waals surface area contributed by atoms with E-state index in [4.69, 9.17) is 5.73 Å². The number of rotatable bonds is 4. The van der Waals surface area contributed by atoms with Crippen molar-refractivity contribution < 1.29 is 9.18 Å². The number of carbonyl (C=O) groups excluding carboxylic acids is 1. The molecule has 1 aromatic rings. The zero-order chi connectivity index (χ0) is 12.9. The van der Waals surface area contributed by atoms with Crippen LogP contribution < -0.4 is 16.4 Å². The number of hydrogen-bond acceptors (Lipinski definition) is 2. The van der Waals surface area contributed by atoms with E-state index in [0.717, 1.165) is 0 Å². The van der Waals surface area contributed by atoms with E-state index in [1.54, 1.807) is 12.1 Å². The molecule has 0 radical (unpaired) electrons. The molecule has 0 atom stereocenters. The molecule has 1 rings (SSSR count). The van der Waals surface area contributed by atoms with Crippen LogP contribution in [0.1, 0.15) is 20.3 Å². The molecule has 0 unspecified atom stereocenters. The summed E-state index contributed by atoms with van der Waals surface area (Å²) in [6.45, 7) is 4.20. The maximum absolute atomic E-state index is 13.3. The highest BCUT2D eigenvalue weighted by atomic mass is 19.1. The van der Waals surface area contributed by atoms with Crippen LogP contribution in [0.15, 0.2) is 24.3 Å². The first-order valence-corrected chi connectivity index (χ1v) is 5.48. The SMILES string of the molecule is CC(C)(CCN)NC(=O)Nc1ccccc1F. The Bertz CT molecular complexity index is 393. The highest BCUT2D eigenvalue weighted by molar-refractivity contribution is 5.89. The van der Waals surface area contributed by atoms with Crippen LogP contribution in [0, 0.1) is 5.82 Å². The van der Waals surface area contributed by atoms with Gasteiger partial charge in [-0.05, 0) is 38.9 Å². The second-order valence-electron chi connectivity index (χ2n) is 4.48. The molecular formula is C12H18FN3O. The van der Waals surface area contributed by atoms with E-state index in [0.29, 0.717) is 13.0 Å². The molecule has 5 heteroatoms. The molecule has 0 bridgehead atoms. The van der Waals surface area contributed by atoms with Gasteiger partial charge in [-0.1, -0.05) is 12.1 Å². The van der Waals surface area contributed by atoms with Crippen molar-refractivity contribution in [3.05, 3.63) is 30.1 Å². The molecule has 0 aliphatic rings. The standard InChI is InChI=1S/C12H18FN3O/c1-12(2,7-8-14)16-11(17)15-10-6-4-3-5-9(10)13/h3-6H,7-8,14H2,1-2H3,(H2,15,16,17). The van der Waals surface area contributed by atoms with Crippen LogP contribution in [0.2, 0.25) is 0 Å². The smallest absolute Gasteiger partial charge is 0.319 e. The minimum Gasteiger partial charge on any atom is -0.333 e. The Balaban J connectivity index is 2.59. The van der Waals surface area contributed by atoms with Gasteiger partial charge in [0, 0.05) is 5.54 Å². The maximum atomic E-state index is 13.3. The van der Waals surface area contributed by atoms with Gasteiger partial charge >= 0.3 is 6.03 Å². The first-order chi connectivity index (χ1) is 7.94. The Morgan fingerprint density at radius 2 is 2.06 bits per heavy atom. The molecule has 4 nitrogen and oxygen atoms in total. The zero-order valence-corrected chi connectivity index (χ0v) is 10.1. The normalized spacial score (nSPS) is 11.1. The average Bonchev–Trinajstić information content (AvgIpc) is 2.20. The number of hydrogen-bond donors (Lipinski definition) is 3. The summed E-state index contributed by atoms with van der Waals surface area (Å²) in [6, 6.07) is 5.58. The molecule has 2 amide bonds. The van der Waals surface area contributed by atoms with Crippen molar-refractivity contribution >= 4 is 11.7 Å². The van der Waals surface area contributed by atoms with Crippen molar-refractivity contribution in [1.82, 2.24) is 5.32 Å². The Morgan fingerprint density at radius 3 is 2.65 bits per heavy atom. The van der Waals surface area contributed by atoms with Crippen molar-refractivity contribution in [1.29, 1.82) is 0 Å². The summed E-state index contributed by atoms with van der Waals surface area (Å²) in [6.07, 6.45) is 0.650. The zero-order valence-electron chi connectivity index (χ0n) is 10.1. The van der Waals surface area contributed by atoms with Crippen molar-refractivity contribution in [2.45, 2.75) is 25.8 Å². The largest absolute Gasteiger partial charge is 0.333 e. The van der Waals surface area contributed by atoms with E-state index in [2.05, 4.69) is 10.6 Å². The summed E-state index contributed by atoms with van der Waals surface area (Å²) in [5, 5.41) is 5.20. The Kier molecular flexibility index (Phi) is 4.45. The van der Waals surface area contributed by atoms with Crippen molar-refractivity contribution in [2.75, 3.05) is 11.9 Å². The fraction of sp³-hybridized carbons (Fsp3) is 0.417. The van der Waals surface area contributed by atoms with Gasteiger partial charge in [-0.25, -0.2) is 9.18 Å². The molecule has 0 spiro atoms. The van der Waals surface area contributed by atoms with Gasteiger partial charge < -0.3 is 16.4 Å². The highest BCUT2D eigenvalue weighted by Gasteiger charge is 2.19. The van der Waals surface area contributed by atoms with Crippen LogP contribution in [0.5, 0.6) is 0 Å². The molecule has 1 aromatic carbocycles. The summed E-state index contributed by atoms with van der Waals surface area (Å²) in [5.41, 5.74) is 5.18. The van der Waals surface area contributed by atoms with Crippen molar-refractivity contribution in [3.63, 3.8) is 0 Å². The lowest BCUT2D eigenvalue weighted by atomic mass is 10.0. The van der Waals surface area contributed by atoms with E-state index >= 15 is 0 Å². The van der Waals surface area contributed by atoms with Crippen LogP contribution in [0.25, 0.3) is 0 Å². The van der Waals surface area contributed by atoms with Gasteiger partial charge in [0.05, 0.1) is 5.69 Å². The quantitative estimate of drug-likeness (QED) is 0.753.